The van der Waals surface area contributed by atoms with Crippen molar-refractivity contribution in [3.05, 3.63) is 35.9 Å². The second-order valence-corrected chi connectivity index (χ2v) is 4.87. The molecule has 0 bridgehead atoms. The van der Waals surface area contributed by atoms with Crippen LogP contribution in [0.4, 0.5) is 0 Å². The van der Waals surface area contributed by atoms with Gasteiger partial charge in [0.1, 0.15) is 0 Å². The summed E-state index contributed by atoms with van der Waals surface area (Å²) >= 11 is 0. The van der Waals surface area contributed by atoms with E-state index in [4.69, 9.17) is 4.74 Å². The van der Waals surface area contributed by atoms with Gasteiger partial charge in [0.2, 0.25) is 0 Å². The molecule has 1 aliphatic carbocycles. The third kappa shape index (κ3) is 3.29. The van der Waals surface area contributed by atoms with Crippen LogP contribution in [0.5, 0.6) is 0 Å². The highest BCUT2D eigenvalue weighted by Crippen LogP contribution is 2.28. The van der Waals surface area contributed by atoms with Gasteiger partial charge in [-0.2, -0.15) is 0 Å². The second kappa shape index (κ2) is 6.29. The van der Waals surface area contributed by atoms with Gasteiger partial charge in [-0.05, 0) is 12.0 Å². The molecule has 0 aliphatic heterocycles. The average Bonchev–Trinajstić information content (AvgIpc) is 2.37. The minimum atomic E-state index is -0.695. The molecule has 4 atom stereocenters. The molecule has 0 heterocycles. The highest BCUT2D eigenvalue weighted by molar-refractivity contribution is 5.13. The van der Waals surface area contributed by atoms with Gasteiger partial charge in [0.25, 0.3) is 0 Å². The Bertz CT molecular complexity index is 354. The summed E-state index contributed by atoms with van der Waals surface area (Å²) in [5.74, 6) is -0.308. The lowest BCUT2D eigenvalue weighted by Crippen LogP contribution is -2.45. The van der Waals surface area contributed by atoms with Crippen molar-refractivity contribution >= 4 is 0 Å². The van der Waals surface area contributed by atoms with Gasteiger partial charge >= 0.3 is 0 Å². The van der Waals surface area contributed by atoms with Crippen LogP contribution in [-0.2, 0) is 11.3 Å². The number of benzene rings is 1. The van der Waals surface area contributed by atoms with Crippen LogP contribution in [-0.4, -0.2) is 40.2 Å². The zero-order chi connectivity index (χ0) is 13.0. The summed E-state index contributed by atoms with van der Waals surface area (Å²) in [5.41, 5.74) is 1.05. The predicted octanol–water partition coefficient (Wildman–Crippen LogP) is 0.696. The quantitative estimate of drug-likeness (QED) is 0.737. The largest absolute Gasteiger partial charge is 0.396 e. The predicted molar refractivity (Wildman–Crippen MR) is 66.8 cm³/mol. The topological polar surface area (TPSA) is 69.9 Å². The average molecular weight is 252 g/mol. The van der Waals surface area contributed by atoms with Gasteiger partial charge in [0.05, 0.1) is 31.5 Å². The fraction of sp³-hybridized carbons (Fsp3) is 0.571. The van der Waals surface area contributed by atoms with Crippen LogP contribution in [0.25, 0.3) is 0 Å². The first-order chi connectivity index (χ1) is 8.70. The van der Waals surface area contributed by atoms with Crippen LogP contribution >= 0.6 is 0 Å². The lowest BCUT2D eigenvalue weighted by Gasteiger charge is -2.36. The molecule has 0 radical (unpaired) electrons. The number of hydrogen-bond donors (Lipinski definition) is 3. The zero-order valence-corrected chi connectivity index (χ0v) is 10.3. The third-order valence-corrected chi connectivity index (χ3v) is 3.51. The van der Waals surface area contributed by atoms with E-state index in [0.29, 0.717) is 19.4 Å². The first-order valence-corrected chi connectivity index (χ1v) is 6.33. The minimum absolute atomic E-state index is 0.118. The number of aliphatic hydroxyl groups excluding tert-OH is 3. The molecule has 1 aromatic rings. The van der Waals surface area contributed by atoms with Crippen molar-refractivity contribution in [1.82, 2.24) is 0 Å². The van der Waals surface area contributed by atoms with E-state index in [1.807, 2.05) is 30.3 Å². The molecule has 4 nitrogen and oxygen atoms in total. The van der Waals surface area contributed by atoms with Crippen LogP contribution in [0.2, 0.25) is 0 Å². The molecule has 18 heavy (non-hydrogen) atoms. The van der Waals surface area contributed by atoms with Crippen LogP contribution in [0.3, 0.4) is 0 Å². The monoisotopic (exact) mass is 252 g/mol. The number of hydrogen-bond acceptors (Lipinski definition) is 4. The molecular weight excluding hydrogens is 232 g/mol. The summed E-state index contributed by atoms with van der Waals surface area (Å²) in [6.45, 7) is 0.314. The van der Waals surface area contributed by atoms with Gasteiger partial charge in [-0.15, -0.1) is 0 Å². The Hall–Kier alpha value is -0.940. The summed E-state index contributed by atoms with van der Waals surface area (Å²) in [5, 5.41) is 28.7. The Morgan fingerprint density at radius 3 is 2.50 bits per heavy atom. The van der Waals surface area contributed by atoms with E-state index < -0.39 is 12.2 Å². The van der Waals surface area contributed by atoms with E-state index in [-0.39, 0.29) is 18.6 Å². The van der Waals surface area contributed by atoms with Crippen LogP contribution in [0, 0.1) is 5.92 Å². The Kier molecular flexibility index (Phi) is 4.72. The summed E-state index contributed by atoms with van der Waals surface area (Å²) in [7, 11) is 0. The summed E-state index contributed by atoms with van der Waals surface area (Å²) < 4.78 is 5.73. The normalized spacial score (nSPS) is 32.4. The zero-order valence-electron chi connectivity index (χ0n) is 10.3. The standard InChI is InChI=1S/C14H20O4/c15-8-12-13(17)6-11(16)7-14(12)18-9-10-4-2-1-3-5-10/h1-5,11-17H,6-9H2/t11-,12+,13-,14+/m0/s1. The fourth-order valence-corrected chi connectivity index (χ4v) is 2.45. The Morgan fingerprint density at radius 2 is 1.83 bits per heavy atom. The van der Waals surface area contributed by atoms with Gasteiger partial charge in [0, 0.05) is 12.3 Å². The van der Waals surface area contributed by atoms with Crippen molar-refractivity contribution in [2.24, 2.45) is 5.92 Å². The summed E-state index contributed by atoms with van der Waals surface area (Å²) in [4.78, 5) is 0. The first-order valence-electron chi connectivity index (χ1n) is 6.33. The van der Waals surface area contributed by atoms with Crippen LogP contribution in [0.1, 0.15) is 18.4 Å². The number of aliphatic hydroxyl groups is 3. The van der Waals surface area contributed by atoms with E-state index in [1.165, 1.54) is 0 Å². The minimum Gasteiger partial charge on any atom is -0.396 e. The molecule has 1 fully saturated rings. The number of rotatable bonds is 4. The summed E-state index contributed by atoms with van der Waals surface area (Å²) in [6.07, 6.45) is -0.761. The first kappa shape index (κ1) is 13.5. The second-order valence-electron chi connectivity index (χ2n) is 4.87. The van der Waals surface area contributed by atoms with Gasteiger partial charge < -0.3 is 20.1 Å². The van der Waals surface area contributed by atoms with Crippen molar-refractivity contribution in [3.63, 3.8) is 0 Å². The molecule has 0 unspecified atom stereocenters. The molecule has 0 spiro atoms. The van der Waals surface area contributed by atoms with Crippen molar-refractivity contribution < 1.29 is 20.1 Å². The van der Waals surface area contributed by atoms with Crippen molar-refractivity contribution in [2.75, 3.05) is 6.61 Å². The highest BCUT2D eigenvalue weighted by Gasteiger charge is 2.36. The maximum absolute atomic E-state index is 9.81. The maximum atomic E-state index is 9.81. The van der Waals surface area contributed by atoms with Gasteiger partial charge in [0.15, 0.2) is 0 Å². The molecule has 100 valence electrons. The summed E-state index contributed by atoms with van der Waals surface area (Å²) in [6, 6.07) is 9.74. The molecule has 0 aromatic heterocycles. The fourth-order valence-electron chi connectivity index (χ4n) is 2.45. The molecule has 1 aliphatic rings. The molecule has 1 saturated carbocycles. The van der Waals surface area contributed by atoms with E-state index in [2.05, 4.69) is 0 Å². The Balaban J connectivity index is 1.94. The van der Waals surface area contributed by atoms with Crippen LogP contribution in [0.15, 0.2) is 30.3 Å². The van der Waals surface area contributed by atoms with Gasteiger partial charge in [-0.25, -0.2) is 0 Å². The molecule has 3 N–H and O–H groups in total. The SMILES string of the molecule is OC[C@@H]1[C@@H](O)C[C@H](O)C[C@H]1OCc1ccccc1. The molecule has 0 amide bonds. The van der Waals surface area contributed by atoms with Gasteiger partial charge in [-0.1, -0.05) is 30.3 Å². The van der Waals surface area contributed by atoms with Crippen molar-refractivity contribution in [3.8, 4) is 0 Å². The third-order valence-electron chi connectivity index (χ3n) is 3.51. The van der Waals surface area contributed by atoms with E-state index in [0.717, 1.165) is 5.56 Å². The van der Waals surface area contributed by atoms with Crippen molar-refractivity contribution in [2.45, 2.75) is 37.8 Å². The van der Waals surface area contributed by atoms with E-state index in [1.54, 1.807) is 0 Å². The smallest absolute Gasteiger partial charge is 0.0720 e. The van der Waals surface area contributed by atoms with E-state index >= 15 is 0 Å². The lowest BCUT2D eigenvalue weighted by molar-refractivity contribution is -0.119. The molecule has 1 aromatic carbocycles. The van der Waals surface area contributed by atoms with Crippen LogP contribution < -0.4 is 0 Å². The lowest BCUT2D eigenvalue weighted by atomic mass is 9.83. The molecule has 0 saturated heterocycles. The molecule has 4 heteroatoms. The Labute approximate surface area is 107 Å². The number of ether oxygens (including phenoxy) is 1. The van der Waals surface area contributed by atoms with Gasteiger partial charge in [-0.3, -0.25) is 0 Å². The molecular formula is C14H20O4. The molecule has 2 rings (SSSR count). The van der Waals surface area contributed by atoms with E-state index in [9.17, 15) is 15.3 Å². The Morgan fingerprint density at radius 1 is 1.11 bits per heavy atom. The maximum Gasteiger partial charge on any atom is 0.0720 e. The van der Waals surface area contributed by atoms with Crippen molar-refractivity contribution in [1.29, 1.82) is 0 Å². The highest BCUT2D eigenvalue weighted by atomic mass is 16.5.